The van der Waals surface area contributed by atoms with Gasteiger partial charge in [-0.1, -0.05) is 12.1 Å². The molecular formula is C16H13F4NO2. The highest BCUT2D eigenvalue weighted by Crippen LogP contribution is 2.39. The molecule has 3 rings (SSSR count). The van der Waals surface area contributed by atoms with Crippen LogP contribution in [0.5, 0.6) is 11.5 Å². The molecule has 0 bridgehead atoms. The summed E-state index contributed by atoms with van der Waals surface area (Å²) < 4.78 is 62.7. The summed E-state index contributed by atoms with van der Waals surface area (Å²) in [7, 11) is 0. The minimum absolute atomic E-state index is 0.0571. The Hall–Kier alpha value is -2.28. The quantitative estimate of drug-likeness (QED) is 0.853. The molecule has 2 N–H and O–H groups in total. The van der Waals surface area contributed by atoms with Gasteiger partial charge < -0.3 is 15.2 Å². The highest BCUT2D eigenvalue weighted by Gasteiger charge is 2.31. The molecule has 0 saturated heterocycles. The van der Waals surface area contributed by atoms with Gasteiger partial charge in [0.15, 0.2) is 23.4 Å². The molecule has 1 unspecified atom stereocenters. The van der Waals surface area contributed by atoms with Crippen molar-refractivity contribution in [2.45, 2.75) is 18.8 Å². The maximum atomic E-state index is 14.0. The fourth-order valence-corrected chi connectivity index (χ4v) is 2.35. The molecule has 2 aromatic rings. The Kier molecular flexibility index (Phi) is 3.89. The van der Waals surface area contributed by atoms with Crippen molar-refractivity contribution in [3.63, 3.8) is 0 Å². The Morgan fingerprint density at radius 1 is 1.13 bits per heavy atom. The number of rotatable bonds is 2. The van der Waals surface area contributed by atoms with Crippen LogP contribution in [0, 0.1) is 5.82 Å². The number of fused-ring (bicyclic) bond motifs is 1. The fraction of sp³-hybridized carbons (Fsp3) is 0.250. The summed E-state index contributed by atoms with van der Waals surface area (Å²) in [4.78, 5) is 0. The lowest BCUT2D eigenvalue weighted by molar-refractivity contribution is -0.137. The Morgan fingerprint density at radius 3 is 2.43 bits per heavy atom. The van der Waals surface area contributed by atoms with Crippen LogP contribution in [0.3, 0.4) is 0 Å². The Balaban J connectivity index is 1.85. The summed E-state index contributed by atoms with van der Waals surface area (Å²) in [5.74, 6) is -0.425. The van der Waals surface area contributed by atoms with Gasteiger partial charge in [0.2, 0.25) is 0 Å². The fourth-order valence-electron chi connectivity index (χ4n) is 2.35. The second-order valence-electron chi connectivity index (χ2n) is 5.15. The summed E-state index contributed by atoms with van der Waals surface area (Å²) in [6.07, 6.45) is -5.08. The van der Waals surface area contributed by atoms with Crippen molar-refractivity contribution in [1.82, 2.24) is 0 Å². The van der Waals surface area contributed by atoms with E-state index in [1.54, 1.807) is 6.07 Å². The van der Waals surface area contributed by atoms with E-state index in [0.717, 1.165) is 12.1 Å². The zero-order chi connectivity index (χ0) is 16.6. The first-order valence-corrected chi connectivity index (χ1v) is 6.87. The SMILES string of the molecule is NCc1cc(F)c2c(c1)OCC(c1ccc(C(F)(F)F)cc1)O2. The van der Waals surface area contributed by atoms with Gasteiger partial charge in [-0.25, -0.2) is 4.39 Å². The lowest BCUT2D eigenvalue weighted by Crippen LogP contribution is -2.22. The molecule has 7 heteroatoms. The van der Waals surface area contributed by atoms with E-state index in [9.17, 15) is 17.6 Å². The molecule has 0 radical (unpaired) electrons. The van der Waals surface area contributed by atoms with Gasteiger partial charge in [0.25, 0.3) is 0 Å². The number of hydrogen-bond donors (Lipinski definition) is 1. The number of alkyl halides is 3. The Labute approximate surface area is 129 Å². The first-order valence-electron chi connectivity index (χ1n) is 6.87. The van der Waals surface area contributed by atoms with E-state index in [2.05, 4.69) is 0 Å². The summed E-state index contributed by atoms with van der Waals surface area (Å²) in [6, 6.07) is 7.35. The second kappa shape index (κ2) is 5.73. The van der Waals surface area contributed by atoms with Gasteiger partial charge in [-0.2, -0.15) is 13.2 Å². The molecule has 2 aromatic carbocycles. The molecule has 0 spiro atoms. The molecule has 122 valence electrons. The van der Waals surface area contributed by atoms with E-state index < -0.39 is 23.7 Å². The first-order chi connectivity index (χ1) is 10.9. The van der Waals surface area contributed by atoms with Gasteiger partial charge >= 0.3 is 6.18 Å². The van der Waals surface area contributed by atoms with Crippen molar-refractivity contribution in [2.75, 3.05) is 6.61 Å². The average molecular weight is 327 g/mol. The summed E-state index contributed by atoms with van der Waals surface area (Å²) in [6.45, 7) is 0.238. The van der Waals surface area contributed by atoms with E-state index >= 15 is 0 Å². The molecule has 0 fully saturated rings. The van der Waals surface area contributed by atoms with E-state index in [0.29, 0.717) is 11.1 Å². The largest absolute Gasteiger partial charge is 0.485 e. The number of halogens is 4. The monoisotopic (exact) mass is 327 g/mol. The molecule has 0 aromatic heterocycles. The predicted molar refractivity (Wildman–Crippen MR) is 74.6 cm³/mol. The zero-order valence-electron chi connectivity index (χ0n) is 11.9. The van der Waals surface area contributed by atoms with Crippen LogP contribution in [0.25, 0.3) is 0 Å². The lowest BCUT2D eigenvalue weighted by atomic mass is 10.1. The molecule has 23 heavy (non-hydrogen) atoms. The number of benzene rings is 2. The van der Waals surface area contributed by atoms with Gasteiger partial charge in [0.05, 0.1) is 5.56 Å². The van der Waals surface area contributed by atoms with Gasteiger partial charge in [0, 0.05) is 6.54 Å². The third-order valence-corrected chi connectivity index (χ3v) is 3.57. The maximum Gasteiger partial charge on any atom is 0.416 e. The van der Waals surface area contributed by atoms with Gasteiger partial charge in [-0.3, -0.25) is 0 Å². The number of nitrogens with two attached hydrogens (primary N) is 1. The Bertz CT molecular complexity index is 713. The van der Waals surface area contributed by atoms with Crippen molar-refractivity contribution >= 4 is 0 Å². The van der Waals surface area contributed by atoms with Crippen molar-refractivity contribution in [1.29, 1.82) is 0 Å². The van der Waals surface area contributed by atoms with Crippen molar-refractivity contribution in [3.05, 3.63) is 58.9 Å². The maximum absolute atomic E-state index is 14.0. The molecular weight excluding hydrogens is 314 g/mol. The highest BCUT2D eigenvalue weighted by atomic mass is 19.4. The van der Waals surface area contributed by atoms with E-state index in [-0.39, 0.29) is 24.7 Å². The van der Waals surface area contributed by atoms with Crippen molar-refractivity contribution in [3.8, 4) is 11.5 Å². The molecule has 0 aliphatic carbocycles. The van der Waals surface area contributed by atoms with Crippen molar-refractivity contribution < 1.29 is 27.0 Å². The third-order valence-electron chi connectivity index (χ3n) is 3.57. The molecule has 1 aliphatic rings. The lowest BCUT2D eigenvalue weighted by Gasteiger charge is -2.27. The standard InChI is InChI=1S/C16H13F4NO2/c17-12-5-9(7-21)6-13-15(12)23-14(8-22-13)10-1-3-11(4-2-10)16(18,19)20/h1-6,14H,7-8,21H2. The zero-order valence-corrected chi connectivity index (χ0v) is 11.9. The van der Waals surface area contributed by atoms with Gasteiger partial charge in [0.1, 0.15) is 6.61 Å². The van der Waals surface area contributed by atoms with Crippen LogP contribution < -0.4 is 15.2 Å². The minimum Gasteiger partial charge on any atom is -0.485 e. The topological polar surface area (TPSA) is 44.5 Å². The highest BCUT2D eigenvalue weighted by molar-refractivity contribution is 5.46. The summed E-state index contributed by atoms with van der Waals surface area (Å²) in [5.41, 5.74) is 5.76. The molecule has 1 aliphatic heterocycles. The second-order valence-corrected chi connectivity index (χ2v) is 5.15. The van der Waals surface area contributed by atoms with Crippen LogP contribution in [-0.2, 0) is 12.7 Å². The molecule has 0 amide bonds. The van der Waals surface area contributed by atoms with Crippen LogP contribution in [0.2, 0.25) is 0 Å². The summed E-state index contributed by atoms with van der Waals surface area (Å²) in [5, 5.41) is 0. The third kappa shape index (κ3) is 3.10. The van der Waals surface area contributed by atoms with E-state index in [1.165, 1.54) is 18.2 Å². The molecule has 0 saturated carbocycles. The van der Waals surface area contributed by atoms with Gasteiger partial charge in [-0.15, -0.1) is 0 Å². The molecule has 1 heterocycles. The number of ether oxygens (including phenoxy) is 2. The van der Waals surface area contributed by atoms with Crippen LogP contribution in [0.1, 0.15) is 22.8 Å². The average Bonchev–Trinajstić information content (AvgIpc) is 2.53. The van der Waals surface area contributed by atoms with Crippen LogP contribution in [0.15, 0.2) is 36.4 Å². The van der Waals surface area contributed by atoms with Crippen LogP contribution in [-0.4, -0.2) is 6.61 Å². The Morgan fingerprint density at radius 2 is 1.83 bits per heavy atom. The van der Waals surface area contributed by atoms with E-state index in [1.807, 2.05) is 0 Å². The molecule has 1 atom stereocenters. The minimum atomic E-state index is -4.40. The normalized spacial score (nSPS) is 17.2. The molecule has 3 nitrogen and oxygen atoms in total. The predicted octanol–water partition coefficient (Wildman–Crippen LogP) is 3.82. The van der Waals surface area contributed by atoms with Crippen molar-refractivity contribution in [2.24, 2.45) is 5.73 Å². The van der Waals surface area contributed by atoms with Crippen LogP contribution in [0.4, 0.5) is 17.6 Å². The first kappa shape index (κ1) is 15.6. The number of hydrogen-bond acceptors (Lipinski definition) is 3. The smallest absolute Gasteiger partial charge is 0.416 e. The summed E-state index contributed by atoms with van der Waals surface area (Å²) >= 11 is 0. The van der Waals surface area contributed by atoms with Crippen LogP contribution >= 0.6 is 0 Å². The van der Waals surface area contributed by atoms with E-state index in [4.69, 9.17) is 15.2 Å². The van der Waals surface area contributed by atoms with Gasteiger partial charge in [-0.05, 0) is 35.4 Å².